The maximum absolute atomic E-state index is 10.8. The Morgan fingerprint density at radius 3 is 2.71 bits per heavy atom. The van der Waals surface area contributed by atoms with Crippen LogP contribution in [0.2, 0.25) is 5.02 Å². The van der Waals surface area contributed by atoms with Gasteiger partial charge in [0, 0.05) is 13.0 Å². The quantitative estimate of drug-likeness (QED) is 0.739. The van der Waals surface area contributed by atoms with Crippen LogP contribution in [0.1, 0.15) is 6.92 Å². The first kappa shape index (κ1) is 10.7. The Morgan fingerprint density at radius 2 is 2.21 bits per heavy atom. The summed E-state index contributed by atoms with van der Waals surface area (Å²) in [6.07, 6.45) is 0. The van der Waals surface area contributed by atoms with Crippen molar-refractivity contribution in [1.29, 1.82) is 0 Å². The van der Waals surface area contributed by atoms with Crippen LogP contribution in [0, 0.1) is 0 Å². The van der Waals surface area contributed by atoms with Crippen LogP contribution in [-0.2, 0) is 4.79 Å². The maximum atomic E-state index is 10.8. The molecule has 4 nitrogen and oxygen atoms in total. The Balaban J connectivity index is 3.08. The lowest BCUT2D eigenvalue weighted by atomic mass is 10.2. The molecule has 0 aliphatic carbocycles. The molecule has 0 unspecified atom stereocenters. The van der Waals surface area contributed by atoms with Gasteiger partial charge in [-0.1, -0.05) is 11.6 Å². The summed E-state index contributed by atoms with van der Waals surface area (Å²) in [5.74, 6) is 0.288. The SMILES string of the molecule is COc1cc(N)c(NC(C)=O)cc1Cl. The molecule has 5 heteroatoms. The number of carbonyl (C=O) groups excluding carboxylic acids is 1. The fourth-order valence-corrected chi connectivity index (χ4v) is 1.26. The molecule has 76 valence electrons. The highest BCUT2D eigenvalue weighted by Gasteiger charge is 2.07. The minimum absolute atomic E-state index is 0.196. The van der Waals surface area contributed by atoms with Crippen LogP contribution < -0.4 is 15.8 Å². The molecular weight excluding hydrogens is 204 g/mol. The molecule has 1 rings (SSSR count). The minimum Gasteiger partial charge on any atom is -0.495 e. The molecule has 0 saturated carbocycles. The third-order valence-corrected chi connectivity index (χ3v) is 1.93. The van der Waals surface area contributed by atoms with Gasteiger partial charge in [-0.05, 0) is 6.07 Å². The van der Waals surface area contributed by atoms with Crippen molar-refractivity contribution in [3.05, 3.63) is 17.2 Å². The topological polar surface area (TPSA) is 64.3 Å². The van der Waals surface area contributed by atoms with Crippen molar-refractivity contribution in [3.8, 4) is 5.75 Å². The first-order valence-corrected chi connectivity index (χ1v) is 4.33. The van der Waals surface area contributed by atoms with Crippen molar-refractivity contribution in [2.75, 3.05) is 18.2 Å². The smallest absolute Gasteiger partial charge is 0.221 e. The van der Waals surface area contributed by atoms with E-state index in [1.54, 1.807) is 12.1 Å². The van der Waals surface area contributed by atoms with Gasteiger partial charge in [-0.25, -0.2) is 0 Å². The molecule has 0 saturated heterocycles. The van der Waals surface area contributed by atoms with E-state index in [-0.39, 0.29) is 5.91 Å². The summed E-state index contributed by atoms with van der Waals surface area (Å²) in [5.41, 5.74) is 6.57. The van der Waals surface area contributed by atoms with Crippen molar-refractivity contribution in [2.45, 2.75) is 6.92 Å². The molecule has 0 atom stereocenters. The fraction of sp³-hybridized carbons (Fsp3) is 0.222. The number of hydrogen-bond donors (Lipinski definition) is 2. The van der Waals surface area contributed by atoms with E-state index < -0.39 is 0 Å². The van der Waals surface area contributed by atoms with Gasteiger partial charge in [0.25, 0.3) is 0 Å². The zero-order valence-electron chi connectivity index (χ0n) is 7.93. The summed E-state index contributed by atoms with van der Waals surface area (Å²) in [7, 11) is 1.50. The van der Waals surface area contributed by atoms with Gasteiger partial charge in [0.05, 0.1) is 23.5 Å². The zero-order chi connectivity index (χ0) is 10.7. The Bertz CT molecular complexity index is 366. The van der Waals surface area contributed by atoms with Crippen LogP contribution in [-0.4, -0.2) is 13.0 Å². The molecule has 1 amide bonds. The number of amides is 1. The number of anilines is 2. The molecule has 0 bridgehead atoms. The zero-order valence-corrected chi connectivity index (χ0v) is 8.68. The molecule has 1 aromatic carbocycles. The molecule has 0 radical (unpaired) electrons. The second-order valence-corrected chi connectivity index (χ2v) is 3.16. The van der Waals surface area contributed by atoms with Gasteiger partial charge in [0.1, 0.15) is 5.75 Å². The molecule has 14 heavy (non-hydrogen) atoms. The Hall–Kier alpha value is -1.42. The lowest BCUT2D eigenvalue weighted by Gasteiger charge is -2.09. The van der Waals surface area contributed by atoms with Crippen molar-refractivity contribution in [2.24, 2.45) is 0 Å². The number of carbonyl (C=O) groups is 1. The molecular formula is C9H11ClN2O2. The van der Waals surface area contributed by atoms with Crippen molar-refractivity contribution in [3.63, 3.8) is 0 Å². The van der Waals surface area contributed by atoms with Crippen molar-refractivity contribution >= 4 is 28.9 Å². The van der Waals surface area contributed by atoms with E-state index in [1.807, 2.05) is 0 Å². The molecule has 1 aromatic rings. The van der Waals surface area contributed by atoms with Crippen LogP contribution in [0.4, 0.5) is 11.4 Å². The average Bonchev–Trinajstić information content (AvgIpc) is 2.10. The standard InChI is InChI=1S/C9H11ClN2O2/c1-5(13)12-8-3-6(10)9(14-2)4-7(8)11/h3-4H,11H2,1-2H3,(H,12,13). The number of methoxy groups -OCH3 is 1. The van der Waals surface area contributed by atoms with Crippen molar-refractivity contribution < 1.29 is 9.53 Å². The minimum atomic E-state index is -0.196. The number of ether oxygens (including phenoxy) is 1. The Kier molecular flexibility index (Phi) is 3.19. The number of hydrogen-bond acceptors (Lipinski definition) is 3. The maximum Gasteiger partial charge on any atom is 0.221 e. The highest BCUT2D eigenvalue weighted by atomic mass is 35.5. The summed E-state index contributed by atoms with van der Waals surface area (Å²) < 4.78 is 4.96. The number of nitrogen functional groups attached to an aromatic ring is 1. The first-order valence-electron chi connectivity index (χ1n) is 3.95. The van der Waals surface area contributed by atoms with E-state index in [0.717, 1.165) is 0 Å². The molecule has 0 aromatic heterocycles. The average molecular weight is 215 g/mol. The van der Waals surface area contributed by atoms with Crippen molar-refractivity contribution in [1.82, 2.24) is 0 Å². The van der Waals surface area contributed by atoms with E-state index >= 15 is 0 Å². The van der Waals surface area contributed by atoms with Crippen LogP contribution in [0.25, 0.3) is 0 Å². The summed E-state index contributed by atoms with van der Waals surface area (Å²) in [4.78, 5) is 10.8. The Labute approximate surface area is 87.0 Å². The van der Waals surface area contributed by atoms with Gasteiger partial charge in [0.2, 0.25) is 5.91 Å². The molecule has 3 N–H and O–H groups in total. The van der Waals surface area contributed by atoms with Crippen LogP contribution >= 0.6 is 11.6 Å². The highest BCUT2D eigenvalue weighted by Crippen LogP contribution is 2.32. The summed E-state index contributed by atoms with van der Waals surface area (Å²) in [6, 6.07) is 3.12. The molecule has 0 aliphatic rings. The predicted molar refractivity (Wildman–Crippen MR) is 56.7 cm³/mol. The highest BCUT2D eigenvalue weighted by molar-refractivity contribution is 6.32. The molecule has 0 heterocycles. The number of halogens is 1. The first-order chi connectivity index (χ1) is 6.54. The fourth-order valence-electron chi connectivity index (χ4n) is 1.02. The number of nitrogens with two attached hydrogens (primary N) is 1. The number of rotatable bonds is 2. The van der Waals surface area contributed by atoms with E-state index in [2.05, 4.69) is 5.32 Å². The number of nitrogens with one attached hydrogen (secondary N) is 1. The van der Waals surface area contributed by atoms with Gasteiger partial charge in [0.15, 0.2) is 0 Å². The molecule has 0 aliphatic heterocycles. The van der Waals surface area contributed by atoms with E-state index in [4.69, 9.17) is 22.1 Å². The summed E-state index contributed by atoms with van der Waals surface area (Å²) in [6.45, 7) is 1.40. The third kappa shape index (κ3) is 2.29. The summed E-state index contributed by atoms with van der Waals surface area (Å²) >= 11 is 5.85. The largest absolute Gasteiger partial charge is 0.495 e. The van der Waals surface area contributed by atoms with E-state index in [9.17, 15) is 4.79 Å². The molecule has 0 spiro atoms. The van der Waals surface area contributed by atoms with Gasteiger partial charge in [-0.3, -0.25) is 4.79 Å². The summed E-state index contributed by atoms with van der Waals surface area (Å²) in [5, 5.41) is 2.97. The van der Waals surface area contributed by atoms with Gasteiger partial charge in [-0.2, -0.15) is 0 Å². The second-order valence-electron chi connectivity index (χ2n) is 2.76. The lowest BCUT2D eigenvalue weighted by Crippen LogP contribution is -2.08. The second kappa shape index (κ2) is 4.19. The lowest BCUT2D eigenvalue weighted by molar-refractivity contribution is -0.114. The normalized spacial score (nSPS) is 9.64. The van der Waals surface area contributed by atoms with E-state index in [1.165, 1.54) is 14.0 Å². The van der Waals surface area contributed by atoms with Gasteiger partial charge >= 0.3 is 0 Å². The third-order valence-electron chi connectivity index (χ3n) is 1.63. The van der Waals surface area contributed by atoms with E-state index in [0.29, 0.717) is 22.1 Å². The molecule has 0 fully saturated rings. The van der Waals surface area contributed by atoms with Crippen LogP contribution in [0.5, 0.6) is 5.75 Å². The van der Waals surface area contributed by atoms with Crippen LogP contribution in [0.15, 0.2) is 12.1 Å². The predicted octanol–water partition coefficient (Wildman–Crippen LogP) is 1.89. The van der Waals surface area contributed by atoms with Gasteiger partial charge < -0.3 is 15.8 Å². The monoisotopic (exact) mass is 214 g/mol. The van der Waals surface area contributed by atoms with Gasteiger partial charge in [-0.15, -0.1) is 0 Å². The van der Waals surface area contributed by atoms with Crippen LogP contribution in [0.3, 0.4) is 0 Å². The Morgan fingerprint density at radius 1 is 1.57 bits per heavy atom. The number of benzene rings is 1.